The van der Waals surface area contributed by atoms with Crippen molar-refractivity contribution in [2.75, 3.05) is 12.4 Å². The maximum Gasteiger partial charge on any atom is 0.259 e. The van der Waals surface area contributed by atoms with Crippen LogP contribution in [0.1, 0.15) is 10.4 Å². The van der Waals surface area contributed by atoms with Crippen LogP contribution in [0.5, 0.6) is 5.75 Å². The van der Waals surface area contributed by atoms with E-state index in [0.717, 1.165) is 22.9 Å². The lowest BCUT2D eigenvalue weighted by Crippen LogP contribution is -2.13. The standard InChI is InChI=1S/C18H13F2NO2/c1-23-17-9-12-5-3-2-4-11(12)8-14(17)18(22)21-13-6-7-15(19)16(20)10-13/h2-10H,1H3,(H,21,22). The van der Waals surface area contributed by atoms with E-state index in [9.17, 15) is 13.6 Å². The first-order valence-corrected chi connectivity index (χ1v) is 6.91. The van der Waals surface area contributed by atoms with Gasteiger partial charge in [0.2, 0.25) is 0 Å². The van der Waals surface area contributed by atoms with Gasteiger partial charge >= 0.3 is 0 Å². The van der Waals surface area contributed by atoms with Crippen LogP contribution in [0.2, 0.25) is 0 Å². The molecule has 0 unspecified atom stereocenters. The van der Waals surface area contributed by atoms with E-state index in [1.165, 1.54) is 13.2 Å². The number of amides is 1. The second kappa shape index (κ2) is 6.04. The van der Waals surface area contributed by atoms with Crippen LogP contribution >= 0.6 is 0 Å². The molecule has 0 radical (unpaired) electrons. The molecule has 1 N–H and O–H groups in total. The second-order valence-corrected chi connectivity index (χ2v) is 4.98. The number of halogens is 2. The van der Waals surface area contributed by atoms with Crippen molar-refractivity contribution >= 4 is 22.4 Å². The van der Waals surface area contributed by atoms with Crippen molar-refractivity contribution in [3.05, 3.63) is 71.8 Å². The Bertz CT molecular complexity index is 893. The summed E-state index contributed by atoms with van der Waals surface area (Å²) in [6.07, 6.45) is 0. The molecule has 0 aliphatic heterocycles. The Morgan fingerprint density at radius 2 is 1.65 bits per heavy atom. The van der Waals surface area contributed by atoms with Gasteiger partial charge in [0.25, 0.3) is 5.91 Å². The zero-order valence-electron chi connectivity index (χ0n) is 12.3. The molecule has 0 fully saturated rings. The van der Waals surface area contributed by atoms with Crippen LogP contribution in [-0.4, -0.2) is 13.0 Å². The van der Waals surface area contributed by atoms with Gasteiger partial charge in [-0.05, 0) is 35.0 Å². The van der Waals surface area contributed by atoms with Crippen LogP contribution in [0.3, 0.4) is 0 Å². The number of hydrogen-bond acceptors (Lipinski definition) is 2. The molecular formula is C18H13F2NO2. The Morgan fingerprint density at radius 3 is 2.30 bits per heavy atom. The van der Waals surface area contributed by atoms with E-state index in [0.29, 0.717) is 11.3 Å². The molecule has 0 atom stereocenters. The first-order chi connectivity index (χ1) is 11.1. The predicted molar refractivity (Wildman–Crippen MR) is 84.8 cm³/mol. The molecule has 0 saturated heterocycles. The summed E-state index contributed by atoms with van der Waals surface area (Å²) in [6, 6.07) is 14.2. The molecule has 0 bridgehead atoms. The number of carbonyl (C=O) groups is 1. The lowest BCUT2D eigenvalue weighted by Gasteiger charge is -2.11. The molecular weight excluding hydrogens is 300 g/mol. The van der Waals surface area contributed by atoms with E-state index < -0.39 is 17.5 Å². The summed E-state index contributed by atoms with van der Waals surface area (Å²) >= 11 is 0. The Balaban J connectivity index is 1.97. The van der Waals surface area contributed by atoms with Crippen molar-refractivity contribution in [3.63, 3.8) is 0 Å². The number of ether oxygens (including phenoxy) is 1. The summed E-state index contributed by atoms with van der Waals surface area (Å²) in [4.78, 5) is 12.4. The molecule has 116 valence electrons. The van der Waals surface area contributed by atoms with Crippen molar-refractivity contribution in [1.82, 2.24) is 0 Å². The van der Waals surface area contributed by atoms with Gasteiger partial charge in [-0.2, -0.15) is 0 Å². The van der Waals surface area contributed by atoms with Gasteiger partial charge in [0.1, 0.15) is 5.75 Å². The number of methoxy groups -OCH3 is 1. The average Bonchev–Trinajstić information content (AvgIpc) is 2.57. The predicted octanol–water partition coefficient (Wildman–Crippen LogP) is 4.38. The van der Waals surface area contributed by atoms with Crippen LogP contribution in [0.15, 0.2) is 54.6 Å². The lowest BCUT2D eigenvalue weighted by atomic mass is 10.1. The SMILES string of the molecule is COc1cc2ccccc2cc1C(=O)Nc1ccc(F)c(F)c1. The van der Waals surface area contributed by atoms with E-state index in [4.69, 9.17) is 4.74 Å². The van der Waals surface area contributed by atoms with Crippen molar-refractivity contribution in [1.29, 1.82) is 0 Å². The minimum atomic E-state index is -1.02. The number of hydrogen-bond donors (Lipinski definition) is 1. The highest BCUT2D eigenvalue weighted by Gasteiger charge is 2.14. The van der Waals surface area contributed by atoms with Crippen LogP contribution in [0, 0.1) is 11.6 Å². The van der Waals surface area contributed by atoms with Crippen LogP contribution in [0.25, 0.3) is 10.8 Å². The molecule has 0 aliphatic rings. The summed E-state index contributed by atoms with van der Waals surface area (Å²) in [5.74, 6) is -2.04. The summed E-state index contributed by atoms with van der Waals surface area (Å²) in [6.45, 7) is 0. The Hall–Kier alpha value is -2.95. The topological polar surface area (TPSA) is 38.3 Å². The van der Waals surface area contributed by atoms with E-state index in [1.807, 2.05) is 24.3 Å². The molecule has 3 aromatic rings. The Kier molecular flexibility index (Phi) is 3.93. The minimum absolute atomic E-state index is 0.170. The molecule has 0 aromatic heterocycles. The third-order valence-electron chi connectivity index (χ3n) is 3.49. The van der Waals surface area contributed by atoms with Crippen LogP contribution in [0.4, 0.5) is 14.5 Å². The minimum Gasteiger partial charge on any atom is -0.496 e. The highest BCUT2D eigenvalue weighted by atomic mass is 19.2. The van der Waals surface area contributed by atoms with Gasteiger partial charge in [-0.1, -0.05) is 24.3 Å². The fourth-order valence-corrected chi connectivity index (χ4v) is 2.34. The average molecular weight is 313 g/mol. The van der Waals surface area contributed by atoms with Gasteiger partial charge in [-0.15, -0.1) is 0 Å². The number of nitrogens with one attached hydrogen (secondary N) is 1. The van der Waals surface area contributed by atoms with Gasteiger partial charge in [-0.3, -0.25) is 4.79 Å². The van der Waals surface area contributed by atoms with Gasteiger partial charge in [0, 0.05) is 11.8 Å². The molecule has 0 aliphatic carbocycles. The largest absolute Gasteiger partial charge is 0.496 e. The second-order valence-electron chi connectivity index (χ2n) is 4.98. The maximum atomic E-state index is 13.2. The van der Waals surface area contributed by atoms with E-state index in [-0.39, 0.29) is 5.69 Å². The molecule has 3 nitrogen and oxygen atoms in total. The van der Waals surface area contributed by atoms with Crippen molar-refractivity contribution in [3.8, 4) is 5.75 Å². The molecule has 0 heterocycles. The van der Waals surface area contributed by atoms with Gasteiger partial charge in [-0.25, -0.2) is 8.78 Å². The molecule has 0 spiro atoms. The Morgan fingerprint density at radius 1 is 0.957 bits per heavy atom. The van der Waals surface area contributed by atoms with Crippen LogP contribution in [-0.2, 0) is 0 Å². The van der Waals surface area contributed by atoms with Crippen molar-refractivity contribution < 1.29 is 18.3 Å². The third kappa shape index (κ3) is 2.99. The maximum absolute atomic E-state index is 13.2. The van der Waals surface area contributed by atoms with E-state index in [1.54, 1.807) is 12.1 Å². The number of rotatable bonds is 3. The number of anilines is 1. The fraction of sp³-hybridized carbons (Fsp3) is 0.0556. The molecule has 0 saturated carbocycles. The summed E-state index contributed by atoms with van der Waals surface area (Å²) in [5.41, 5.74) is 0.486. The fourth-order valence-electron chi connectivity index (χ4n) is 2.34. The van der Waals surface area contributed by atoms with E-state index >= 15 is 0 Å². The third-order valence-corrected chi connectivity index (χ3v) is 3.49. The molecule has 23 heavy (non-hydrogen) atoms. The number of benzene rings is 3. The van der Waals surface area contributed by atoms with Crippen LogP contribution < -0.4 is 10.1 Å². The van der Waals surface area contributed by atoms with E-state index in [2.05, 4.69) is 5.32 Å². The molecule has 3 rings (SSSR count). The zero-order chi connectivity index (χ0) is 16.4. The highest BCUT2D eigenvalue weighted by molar-refractivity contribution is 6.08. The Labute approximate surface area is 131 Å². The quantitative estimate of drug-likeness (QED) is 0.779. The molecule has 1 amide bonds. The van der Waals surface area contributed by atoms with Crippen molar-refractivity contribution in [2.24, 2.45) is 0 Å². The number of fused-ring (bicyclic) bond motifs is 1. The first kappa shape index (κ1) is 15.0. The lowest BCUT2D eigenvalue weighted by molar-refractivity contribution is 0.102. The number of carbonyl (C=O) groups excluding carboxylic acids is 1. The summed E-state index contributed by atoms with van der Waals surface area (Å²) < 4.78 is 31.4. The highest BCUT2D eigenvalue weighted by Crippen LogP contribution is 2.27. The monoisotopic (exact) mass is 313 g/mol. The zero-order valence-corrected chi connectivity index (χ0v) is 12.3. The summed E-state index contributed by atoms with van der Waals surface area (Å²) in [5, 5.41) is 4.36. The van der Waals surface area contributed by atoms with Gasteiger partial charge < -0.3 is 10.1 Å². The smallest absolute Gasteiger partial charge is 0.259 e. The first-order valence-electron chi connectivity index (χ1n) is 6.91. The normalized spacial score (nSPS) is 10.6. The van der Waals surface area contributed by atoms with Gasteiger partial charge in [0.15, 0.2) is 11.6 Å². The molecule has 3 aromatic carbocycles. The van der Waals surface area contributed by atoms with Crippen molar-refractivity contribution in [2.45, 2.75) is 0 Å². The molecule has 5 heteroatoms. The summed E-state index contributed by atoms with van der Waals surface area (Å²) in [7, 11) is 1.47. The van der Waals surface area contributed by atoms with Gasteiger partial charge in [0.05, 0.1) is 12.7 Å².